The number of benzene rings is 1. The zero-order chi connectivity index (χ0) is 16.1. The Morgan fingerprint density at radius 3 is 2.91 bits per heavy atom. The monoisotopic (exact) mass is 322 g/mol. The van der Waals surface area contributed by atoms with Crippen LogP contribution in [0.2, 0.25) is 5.02 Å². The third-order valence-corrected chi connectivity index (χ3v) is 3.56. The van der Waals surface area contributed by atoms with Gasteiger partial charge in [-0.25, -0.2) is 0 Å². The van der Waals surface area contributed by atoms with Crippen molar-refractivity contribution in [1.82, 2.24) is 15.5 Å². The van der Waals surface area contributed by atoms with Gasteiger partial charge in [-0.1, -0.05) is 17.7 Å². The first-order valence-corrected chi connectivity index (χ1v) is 7.08. The number of nitrogens with zero attached hydrogens (tertiary/aromatic N) is 2. The SMILES string of the molecule is Cc1[nH]ncc1CCCNC(=O)c1cccc(Cl)c1[N+](=O)[O-]. The van der Waals surface area contributed by atoms with E-state index in [0.717, 1.165) is 17.7 Å². The van der Waals surface area contributed by atoms with Crippen LogP contribution in [0.3, 0.4) is 0 Å². The summed E-state index contributed by atoms with van der Waals surface area (Å²) in [5, 5.41) is 20.4. The molecule has 8 heteroatoms. The lowest BCUT2D eigenvalue weighted by Crippen LogP contribution is -2.25. The van der Waals surface area contributed by atoms with Crippen LogP contribution in [0.4, 0.5) is 5.69 Å². The molecule has 0 saturated carbocycles. The van der Waals surface area contributed by atoms with Crippen LogP contribution in [-0.4, -0.2) is 27.6 Å². The van der Waals surface area contributed by atoms with Gasteiger partial charge in [-0.3, -0.25) is 20.0 Å². The summed E-state index contributed by atoms with van der Waals surface area (Å²) in [6.45, 7) is 2.34. The third-order valence-electron chi connectivity index (χ3n) is 3.26. The van der Waals surface area contributed by atoms with Gasteiger partial charge in [-0.15, -0.1) is 0 Å². The van der Waals surface area contributed by atoms with E-state index >= 15 is 0 Å². The summed E-state index contributed by atoms with van der Waals surface area (Å²) >= 11 is 5.78. The molecule has 0 spiro atoms. The Morgan fingerprint density at radius 2 is 2.27 bits per heavy atom. The summed E-state index contributed by atoms with van der Waals surface area (Å²) in [4.78, 5) is 22.4. The summed E-state index contributed by atoms with van der Waals surface area (Å²) in [6, 6.07) is 4.29. The van der Waals surface area contributed by atoms with Gasteiger partial charge >= 0.3 is 5.69 Å². The molecular formula is C14H15ClN4O3. The number of H-pyrrole nitrogens is 1. The Morgan fingerprint density at radius 1 is 1.50 bits per heavy atom. The lowest BCUT2D eigenvalue weighted by Gasteiger charge is -2.06. The number of nitro groups is 1. The minimum atomic E-state index is -0.647. The molecule has 0 bridgehead atoms. The van der Waals surface area contributed by atoms with Crippen LogP contribution < -0.4 is 5.32 Å². The lowest BCUT2D eigenvalue weighted by molar-refractivity contribution is -0.385. The molecule has 0 aliphatic carbocycles. The fourth-order valence-corrected chi connectivity index (χ4v) is 2.33. The Kier molecular flexibility index (Phi) is 5.11. The number of aromatic amines is 1. The van der Waals surface area contributed by atoms with Crippen LogP contribution >= 0.6 is 11.6 Å². The Labute approximate surface area is 131 Å². The van der Waals surface area contributed by atoms with Crippen molar-refractivity contribution in [3.8, 4) is 0 Å². The average Bonchev–Trinajstić information content (AvgIpc) is 2.88. The molecule has 2 rings (SSSR count). The molecule has 1 aromatic heterocycles. The van der Waals surface area contributed by atoms with E-state index in [1.165, 1.54) is 18.2 Å². The summed E-state index contributed by atoms with van der Waals surface area (Å²) in [6.07, 6.45) is 3.22. The Balaban J connectivity index is 1.94. The predicted octanol–water partition coefficient (Wildman–Crippen LogP) is 2.64. The minimum absolute atomic E-state index is 0.0306. The zero-order valence-electron chi connectivity index (χ0n) is 11.9. The maximum Gasteiger partial charge on any atom is 0.300 e. The van der Waals surface area contributed by atoms with Gasteiger partial charge in [-0.2, -0.15) is 5.10 Å². The van der Waals surface area contributed by atoms with E-state index in [9.17, 15) is 14.9 Å². The van der Waals surface area contributed by atoms with Crippen molar-refractivity contribution in [3.63, 3.8) is 0 Å². The van der Waals surface area contributed by atoms with Gasteiger partial charge in [0.25, 0.3) is 5.91 Å². The molecule has 0 unspecified atom stereocenters. The van der Waals surface area contributed by atoms with Gasteiger partial charge in [0.1, 0.15) is 10.6 Å². The number of nitrogens with one attached hydrogen (secondary N) is 2. The zero-order valence-corrected chi connectivity index (χ0v) is 12.7. The van der Waals surface area contributed by atoms with Crippen LogP contribution in [-0.2, 0) is 6.42 Å². The molecule has 7 nitrogen and oxygen atoms in total. The van der Waals surface area contributed by atoms with E-state index < -0.39 is 10.8 Å². The van der Waals surface area contributed by atoms with E-state index in [0.29, 0.717) is 13.0 Å². The number of carbonyl (C=O) groups excluding carboxylic acids is 1. The number of nitro benzene ring substituents is 1. The van der Waals surface area contributed by atoms with Crippen molar-refractivity contribution in [3.05, 3.63) is 56.4 Å². The van der Waals surface area contributed by atoms with Crippen molar-refractivity contribution in [1.29, 1.82) is 0 Å². The Bertz CT molecular complexity index is 699. The third kappa shape index (κ3) is 3.62. The number of halogens is 1. The number of carbonyl (C=O) groups is 1. The number of rotatable bonds is 6. The van der Waals surface area contributed by atoms with Crippen molar-refractivity contribution in [2.24, 2.45) is 0 Å². The fourth-order valence-electron chi connectivity index (χ4n) is 2.09. The second-order valence-corrected chi connectivity index (χ2v) is 5.18. The largest absolute Gasteiger partial charge is 0.352 e. The lowest BCUT2D eigenvalue weighted by atomic mass is 10.1. The molecule has 116 valence electrons. The second kappa shape index (κ2) is 7.04. The maximum atomic E-state index is 12.1. The van der Waals surface area contributed by atoms with E-state index in [1.54, 1.807) is 6.20 Å². The van der Waals surface area contributed by atoms with Crippen LogP contribution in [0.25, 0.3) is 0 Å². The predicted molar refractivity (Wildman–Crippen MR) is 82.1 cm³/mol. The van der Waals surface area contributed by atoms with E-state index in [2.05, 4.69) is 15.5 Å². The summed E-state index contributed by atoms with van der Waals surface area (Å²) in [5.41, 5.74) is 1.68. The van der Waals surface area contributed by atoms with Crippen molar-refractivity contribution >= 4 is 23.2 Å². The van der Waals surface area contributed by atoms with Crippen molar-refractivity contribution < 1.29 is 9.72 Å². The van der Waals surface area contributed by atoms with Gasteiger partial charge in [0.05, 0.1) is 11.1 Å². The number of aryl methyl sites for hydroxylation is 2. The highest BCUT2D eigenvalue weighted by atomic mass is 35.5. The number of amides is 1. The molecular weight excluding hydrogens is 308 g/mol. The molecule has 0 saturated heterocycles. The molecule has 0 atom stereocenters. The molecule has 0 fully saturated rings. The molecule has 2 N–H and O–H groups in total. The van der Waals surface area contributed by atoms with E-state index in [1.807, 2.05) is 6.92 Å². The highest BCUT2D eigenvalue weighted by molar-refractivity contribution is 6.33. The van der Waals surface area contributed by atoms with Gasteiger partial charge < -0.3 is 5.32 Å². The molecule has 0 aliphatic rings. The van der Waals surface area contributed by atoms with Crippen molar-refractivity contribution in [2.45, 2.75) is 19.8 Å². The topological polar surface area (TPSA) is 101 Å². The van der Waals surface area contributed by atoms with Crippen LogP contribution in [0.1, 0.15) is 28.0 Å². The van der Waals surface area contributed by atoms with Gasteiger partial charge in [0.15, 0.2) is 0 Å². The normalized spacial score (nSPS) is 10.5. The summed E-state index contributed by atoms with van der Waals surface area (Å²) < 4.78 is 0. The number of aromatic nitrogens is 2. The first kappa shape index (κ1) is 16.0. The second-order valence-electron chi connectivity index (χ2n) is 4.77. The number of para-hydroxylation sites is 1. The summed E-state index contributed by atoms with van der Waals surface area (Å²) in [7, 11) is 0. The highest BCUT2D eigenvalue weighted by Crippen LogP contribution is 2.27. The van der Waals surface area contributed by atoms with Gasteiger partial charge in [0, 0.05) is 12.2 Å². The average molecular weight is 323 g/mol. The van der Waals surface area contributed by atoms with E-state index in [4.69, 9.17) is 11.6 Å². The van der Waals surface area contributed by atoms with E-state index in [-0.39, 0.29) is 16.3 Å². The van der Waals surface area contributed by atoms with Crippen molar-refractivity contribution in [2.75, 3.05) is 6.54 Å². The number of hydrogen-bond acceptors (Lipinski definition) is 4. The molecule has 2 aromatic rings. The van der Waals surface area contributed by atoms with Crippen LogP contribution in [0.5, 0.6) is 0 Å². The molecule has 22 heavy (non-hydrogen) atoms. The Hall–Kier alpha value is -2.41. The molecule has 0 aliphatic heterocycles. The maximum absolute atomic E-state index is 12.1. The first-order valence-electron chi connectivity index (χ1n) is 6.70. The molecule has 0 radical (unpaired) electrons. The standard InChI is InChI=1S/C14H15ClN4O3/c1-9-10(8-17-18-9)4-3-7-16-14(20)11-5-2-6-12(15)13(11)19(21)22/h2,5-6,8H,3-4,7H2,1H3,(H,16,20)(H,17,18). The van der Waals surface area contributed by atoms with Crippen LogP contribution in [0.15, 0.2) is 24.4 Å². The van der Waals surface area contributed by atoms with Gasteiger partial charge in [0.2, 0.25) is 0 Å². The highest BCUT2D eigenvalue weighted by Gasteiger charge is 2.23. The molecule has 1 amide bonds. The minimum Gasteiger partial charge on any atom is -0.352 e. The fraction of sp³-hybridized carbons (Fsp3) is 0.286. The quantitative estimate of drug-likeness (QED) is 0.485. The molecule has 1 heterocycles. The molecule has 1 aromatic carbocycles. The summed E-state index contributed by atoms with van der Waals surface area (Å²) in [5.74, 6) is -0.502. The first-order chi connectivity index (χ1) is 10.5. The smallest absolute Gasteiger partial charge is 0.300 e. The number of hydrogen-bond donors (Lipinski definition) is 2. The van der Waals surface area contributed by atoms with Gasteiger partial charge in [-0.05, 0) is 37.5 Å². The van der Waals surface area contributed by atoms with Crippen LogP contribution in [0, 0.1) is 17.0 Å².